The van der Waals surface area contributed by atoms with Crippen molar-refractivity contribution in [3.63, 3.8) is 0 Å². The zero-order valence-electron chi connectivity index (χ0n) is 13.0. The van der Waals surface area contributed by atoms with Crippen LogP contribution in [0.1, 0.15) is 15.2 Å². The van der Waals surface area contributed by atoms with Crippen molar-refractivity contribution in [1.82, 2.24) is 10.6 Å². The Labute approximate surface area is 147 Å². The highest BCUT2D eigenvalue weighted by molar-refractivity contribution is 7.27. The number of thiophene rings is 2. The van der Waals surface area contributed by atoms with Crippen LogP contribution in [0.5, 0.6) is 5.75 Å². The lowest BCUT2D eigenvalue weighted by molar-refractivity contribution is -0.122. The first kappa shape index (κ1) is 16.5. The van der Waals surface area contributed by atoms with E-state index in [2.05, 4.69) is 10.6 Å². The first-order valence-electron chi connectivity index (χ1n) is 7.33. The van der Waals surface area contributed by atoms with Gasteiger partial charge in [0, 0.05) is 23.0 Å². The quantitative estimate of drug-likeness (QED) is 0.710. The molecule has 0 bridgehead atoms. The summed E-state index contributed by atoms with van der Waals surface area (Å²) in [5.74, 6) is 0.327. The fourth-order valence-corrected chi connectivity index (χ4v) is 4.14. The van der Waals surface area contributed by atoms with Crippen LogP contribution in [0.25, 0.3) is 9.40 Å². The Hall–Kier alpha value is -2.38. The normalized spacial score (nSPS) is 10.5. The average molecular weight is 360 g/mol. The molecule has 0 aliphatic heterocycles. The second-order valence-corrected chi connectivity index (χ2v) is 7.08. The van der Waals surface area contributed by atoms with Gasteiger partial charge in [0.25, 0.3) is 11.8 Å². The first-order chi connectivity index (χ1) is 11.7. The minimum absolute atomic E-state index is 0.0295. The number of hydrogen-bond donors (Lipinski definition) is 2. The monoisotopic (exact) mass is 360 g/mol. The van der Waals surface area contributed by atoms with Gasteiger partial charge >= 0.3 is 0 Å². The molecule has 2 N–H and O–H groups in total. The van der Waals surface area contributed by atoms with Crippen LogP contribution >= 0.6 is 22.7 Å². The lowest BCUT2D eigenvalue weighted by atomic mass is 10.2. The molecule has 2 amide bonds. The molecule has 0 aliphatic rings. The van der Waals surface area contributed by atoms with E-state index in [1.54, 1.807) is 24.5 Å². The minimum Gasteiger partial charge on any atom is -0.484 e. The smallest absolute Gasteiger partial charge is 0.261 e. The largest absolute Gasteiger partial charge is 0.484 e. The molecular weight excluding hydrogens is 344 g/mol. The third kappa shape index (κ3) is 3.93. The molecule has 1 aromatic carbocycles. The molecule has 2 aromatic heterocycles. The van der Waals surface area contributed by atoms with Crippen LogP contribution in [0.15, 0.2) is 41.8 Å². The van der Waals surface area contributed by atoms with Crippen molar-refractivity contribution >= 4 is 43.9 Å². The van der Waals surface area contributed by atoms with Crippen molar-refractivity contribution in [3.05, 3.63) is 52.2 Å². The Kier molecular flexibility index (Phi) is 5.12. The van der Waals surface area contributed by atoms with Gasteiger partial charge in [-0.05, 0) is 35.2 Å². The summed E-state index contributed by atoms with van der Waals surface area (Å²) >= 11 is 3.13. The lowest BCUT2D eigenvalue weighted by Gasteiger charge is -2.08. The number of carbonyl (C=O) groups is 2. The van der Waals surface area contributed by atoms with Gasteiger partial charge in [-0.2, -0.15) is 0 Å². The van der Waals surface area contributed by atoms with Crippen LogP contribution < -0.4 is 15.4 Å². The van der Waals surface area contributed by atoms with Gasteiger partial charge < -0.3 is 15.4 Å². The fraction of sp³-hybridized carbons (Fsp3) is 0.176. The molecule has 0 fully saturated rings. The van der Waals surface area contributed by atoms with Crippen molar-refractivity contribution in [2.75, 3.05) is 13.7 Å². The van der Waals surface area contributed by atoms with E-state index in [9.17, 15) is 9.59 Å². The number of hydrogen-bond acceptors (Lipinski definition) is 5. The average Bonchev–Trinajstić information content (AvgIpc) is 3.19. The fourth-order valence-electron chi connectivity index (χ4n) is 2.11. The summed E-state index contributed by atoms with van der Waals surface area (Å²) in [5, 5.41) is 7.43. The molecule has 0 saturated heterocycles. The Balaban J connectivity index is 1.58. The molecule has 0 unspecified atom stereocenters. The van der Waals surface area contributed by atoms with Crippen molar-refractivity contribution in [3.8, 4) is 5.75 Å². The van der Waals surface area contributed by atoms with Crippen LogP contribution in [-0.4, -0.2) is 25.5 Å². The number of likely N-dealkylation sites (N-methyl/N-ethyl adjacent to an activating group) is 1. The molecule has 3 aromatic rings. The maximum absolute atomic E-state index is 12.2. The van der Waals surface area contributed by atoms with E-state index < -0.39 is 0 Å². The summed E-state index contributed by atoms with van der Waals surface area (Å²) in [7, 11) is 1.56. The maximum atomic E-state index is 12.2. The predicted molar refractivity (Wildman–Crippen MR) is 96.9 cm³/mol. The summed E-state index contributed by atoms with van der Waals surface area (Å²) in [6, 6.07) is 11.3. The van der Waals surface area contributed by atoms with Crippen LogP contribution in [0.2, 0.25) is 0 Å². The van der Waals surface area contributed by atoms with Crippen molar-refractivity contribution < 1.29 is 14.3 Å². The molecule has 124 valence electrons. The number of amides is 2. The third-order valence-corrected chi connectivity index (χ3v) is 5.46. The van der Waals surface area contributed by atoms with Gasteiger partial charge in [-0.3, -0.25) is 9.59 Å². The number of rotatable bonds is 6. The molecule has 0 saturated carbocycles. The molecule has 0 atom stereocenters. The van der Waals surface area contributed by atoms with E-state index in [-0.39, 0.29) is 18.4 Å². The van der Waals surface area contributed by atoms with Gasteiger partial charge in [-0.15, -0.1) is 22.7 Å². The van der Waals surface area contributed by atoms with E-state index in [0.29, 0.717) is 17.2 Å². The van der Waals surface area contributed by atoms with E-state index in [1.165, 1.54) is 11.3 Å². The topological polar surface area (TPSA) is 67.4 Å². The van der Waals surface area contributed by atoms with Gasteiger partial charge in [-0.25, -0.2) is 0 Å². The molecule has 7 heteroatoms. The Bertz CT molecular complexity index is 841. The highest BCUT2D eigenvalue weighted by Crippen LogP contribution is 2.29. The predicted octanol–water partition coefficient (Wildman–Crippen LogP) is 3.02. The third-order valence-electron chi connectivity index (χ3n) is 3.36. The van der Waals surface area contributed by atoms with Gasteiger partial charge in [0.1, 0.15) is 5.75 Å². The summed E-state index contributed by atoms with van der Waals surface area (Å²) in [4.78, 5) is 24.2. The molecule has 0 spiro atoms. The highest BCUT2D eigenvalue weighted by Gasteiger charge is 2.11. The van der Waals surface area contributed by atoms with Crippen molar-refractivity contribution in [2.24, 2.45) is 0 Å². The van der Waals surface area contributed by atoms with E-state index in [0.717, 1.165) is 15.0 Å². The second-order valence-electron chi connectivity index (χ2n) is 5.05. The van der Waals surface area contributed by atoms with Gasteiger partial charge in [-0.1, -0.05) is 12.1 Å². The van der Waals surface area contributed by atoms with Crippen LogP contribution in [0, 0.1) is 0 Å². The summed E-state index contributed by atoms with van der Waals surface area (Å²) in [6.45, 7) is 0.375. The molecule has 0 radical (unpaired) electrons. The minimum atomic E-state index is -0.189. The standard InChI is InChI=1S/C17H16N2O3S2/c1-18-16(20)10-22-12-4-2-3-11(7-12)9-19-17(21)15-8-14-13(24-15)5-6-23-14/h2-8H,9-10H2,1H3,(H,18,20)(H,19,21). The first-order valence-corrected chi connectivity index (χ1v) is 9.03. The van der Waals surface area contributed by atoms with Crippen molar-refractivity contribution in [1.29, 1.82) is 0 Å². The van der Waals surface area contributed by atoms with Crippen molar-refractivity contribution in [2.45, 2.75) is 6.54 Å². The van der Waals surface area contributed by atoms with E-state index in [4.69, 9.17) is 4.74 Å². The van der Waals surface area contributed by atoms with Gasteiger partial charge in [0.15, 0.2) is 6.61 Å². The summed E-state index contributed by atoms with van der Waals surface area (Å²) < 4.78 is 7.67. The SMILES string of the molecule is CNC(=O)COc1cccc(CNC(=O)c2cc3sccc3s2)c1. The van der Waals surface area contributed by atoms with Gasteiger partial charge in [0.2, 0.25) is 0 Å². The zero-order chi connectivity index (χ0) is 16.9. The molecule has 0 aliphatic carbocycles. The Morgan fingerprint density at radius 2 is 2.04 bits per heavy atom. The Morgan fingerprint density at radius 3 is 2.83 bits per heavy atom. The van der Waals surface area contributed by atoms with Crippen LogP contribution in [-0.2, 0) is 11.3 Å². The zero-order valence-corrected chi connectivity index (χ0v) is 14.6. The lowest BCUT2D eigenvalue weighted by Crippen LogP contribution is -2.25. The van der Waals surface area contributed by atoms with E-state index >= 15 is 0 Å². The summed E-state index contributed by atoms with van der Waals surface area (Å²) in [5.41, 5.74) is 0.913. The number of ether oxygens (including phenoxy) is 1. The molecule has 3 rings (SSSR count). The van der Waals surface area contributed by atoms with Gasteiger partial charge in [0.05, 0.1) is 4.88 Å². The number of fused-ring (bicyclic) bond motifs is 1. The molecule has 5 nitrogen and oxygen atoms in total. The molecular formula is C17H16N2O3S2. The molecule has 2 heterocycles. The number of benzene rings is 1. The maximum Gasteiger partial charge on any atom is 0.261 e. The Morgan fingerprint density at radius 1 is 1.17 bits per heavy atom. The van der Waals surface area contributed by atoms with Crippen LogP contribution in [0.3, 0.4) is 0 Å². The molecule has 24 heavy (non-hydrogen) atoms. The highest BCUT2D eigenvalue weighted by atomic mass is 32.1. The van der Waals surface area contributed by atoms with E-state index in [1.807, 2.05) is 35.7 Å². The van der Waals surface area contributed by atoms with Crippen LogP contribution in [0.4, 0.5) is 0 Å². The number of nitrogens with one attached hydrogen (secondary N) is 2. The summed E-state index contributed by atoms with van der Waals surface area (Å²) in [6.07, 6.45) is 0. The second kappa shape index (κ2) is 7.46. The number of carbonyl (C=O) groups excluding carboxylic acids is 2.